The number of aryl methyl sites for hydroxylation is 1. The molecule has 35 heavy (non-hydrogen) atoms. The molecular weight excluding hydrogens is 463 g/mol. The maximum absolute atomic E-state index is 13.1. The van der Waals surface area contributed by atoms with Crippen LogP contribution >= 0.6 is 0 Å². The van der Waals surface area contributed by atoms with Crippen molar-refractivity contribution in [2.75, 3.05) is 13.1 Å². The molecule has 186 valence electrons. The van der Waals surface area contributed by atoms with E-state index in [4.69, 9.17) is 4.74 Å². The number of carbonyl (C=O) groups excluding carboxylic acids is 3. The van der Waals surface area contributed by atoms with Crippen LogP contribution in [-0.4, -0.2) is 57.9 Å². The number of amides is 3. The first-order chi connectivity index (χ1) is 16.5. The maximum atomic E-state index is 13.1. The van der Waals surface area contributed by atoms with Crippen LogP contribution in [0.3, 0.4) is 0 Å². The van der Waals surface area contributed by atoms with Gasteiger partial charge in [0.05, 0.1) is 12.1 Å². The third-order valence-corrected chi connectivity index (χ3v) is 6.28. The predicted molar refractivity (Wildman–Crippen MR) is 120 cm³/mol. The fraction of sp³-hybridized carbons (Fsp3) is 0.400. The molecule has 0 spiro atoms. The van der Waals surface area contributed by atoms with Crippen LogP contribution in [0.15, 0.2) is 48.5 Å². The fourth-order valence-corrected chi connectivity index (χ4v) is 4.64. The van der Waals surface area contributed by atoms with E-state index in [0.717, 1.165) is 17.7 Å². The van der Waals surface area contributed by atoms with Crippen LogP contribution in [0.2, 0.25) is 0 Å². The Balaban J connectivity index is 1.50. The number of hydrogen-bond donors (Lipinski definition) is 0. The monoisotopic (exact) mass is 489 g/mol. The number of halogens is 3. The quantitative estimate of drug-likeness (QED) is 0.653. The van der Waals surface area contributed by atoms with Crippen LogP contribution < -0.4 is 0 Å². The minimum absolute atomic E-state index is 0.0323. The third-order valence-electron chi connectivity index (χ3n) is 6.28. The van der Waals surface area contributed by atoms with Gasteiger partial charge in [-0.15, -0.1) is 0 Å². The third kappa shape index (κ3) is 5.26. The Bertz CT molecular complexity index is 1120. The van der Waals surface area contributed by atoms with Crippen LogP contribution in [0.1, 0.15) is 35.6 Å². The first-order valence-corrected chi connectivity index (χ1v) is 11.3. The van der Waals surface area contributed by atoms with Crippen LogP contribution in [0.5, 0.6) is 0 Å². The highest BCUT2D eigenvalue weighted by Crippen LogP contribution is 2.31. The molecule has 2 saturated heterocycles. The zero-order chi connectivity index (χ0) is 25.3. The Morgan fingerprint density at radius 2 is 1.80 bits per heavy atom. The Morgan fingerprint density at radius 3 is 2.49 bits per heavy atom. The summed E-state index contributed by atoms with van der Waals surface area (Å²) in [7, 11) is 0. The van der Waals surface area contributed by atoms with Gasteiger partial charge < -0.3 is 14.5 Å². The molecule has 0 saturated carbocycles. The molecule has 2 aliphatic heterocycles. The average Bonchev–Trinajstić information content (AvgIpc) is 2.80. The number of carbonyl (C=O) groups is 3. The first kappa shape index (κ1) is 24.6. The summed E-state index contributed by atoms with van der Waals surface area (Å²) in [5, 5.41) is 0. The standard InChI is InChI=1S/C25H26F3N3O4/c1-16-10-19(12-20(11-16)25(26,27)28)15-35-24(34)30-9-8-22(32)31-17(2)23(33)29(14-21(30)31)13-18-6-4-3-5-7-18/h3-7,10-12,17,21H,8-9,13-15H2,1-2H3/t17-,21+/m0/s1. The van der Waals surface area contributed by atoms with E-state index in [1.54, 1.807) is 11.8 Å². The normalized spacial score (nSPS) is 20.7. The summed E-state index contributed by atoms with van der Waals surface area (Å²) >= 11 is 0. The maximum Gasteiger partial charge on any atom is 0.416 e. The SMILES string of the molecule is Cc1cc(COC(=O)N2CCC(=O)N3[C@@H]2CN(Cc2ccccc2)C(=O)[C@@H]3C)cc(C(F)(F)F)c1. The van der Waals surface area contributed by atoms with Gasteiger partial charge in [0.15, 0.2) is 0 Å². The summed E-state index contributed by atoms with van der Waals surface area (Å²) < 4.78 is 44.8. The molecule has 4 rings (SSSR count). The van der Waals surface area contributed by atoms with Crippen molar-refractivity contribution in [3.05, 3.63) is 70.8 Å². The lowest BCUT2D eigenvalue weighted by atomic mass is 10.0. The molecule has 2 aliphatic rings. The lowest BCUT2D eigenvalue weighted by molar-refractivity contribution is -0.167. The fourth-order valence-electron chi connectivity index (χ4n) is 4.64. The number of rotatable bonds is 4. The van der Waals surface area contributed by atoms with Crippen molar-refractivity contribution in [2.24, 2.45) is 0 Å². The van der Waals surface area contributed by atoms with Gasteiger partial charge in [0.1, 0.15) is 18.8 Å². The molecule has 0 bridgehead atoms. The topological polar surface area (TPSA) is 70.2 Å². The molecule has 2 atom stereocenters. The highest BCUT2D eigenvalue weighted by Gasteiger charge is 2.47. The van der Waals surface area contributed by atoms with Crippen LogP contribution in [0.25, 0.3) is 0 Å². The largest absolute Gasteiger partial charge is 0.444 e. The molecule has 7 nitrogen and oxygen atoms in total. The zero-order valence-electron chi connectivity index (χ0n) is 19.4. The smallest absolute Gasteiger partial charge is 0.416 e. The highest BCUT2D eigenvalue weighted by molar-refractivity contribution is 5.90. The lowest BCUT2D eigenvalue weighted by Gasteiger charge is -2.51. The van der Waals surface area contributed by atoms with Crippen LogP contribution in [0.4, 0.5) is 18.0 Å². The molecule has 0 N–H and O–H groups in total. The Kier molecular flexibility index (Phi) is 6.73. The predicted octanol–water partition coefficient (Wildman–Crippen LogP) is 3.94. The van der Waals surface area contributed by atoms with Gasteiger partial charge in [0, 0.05) is 19.5 Å². The summed E-state index contributed by atoms with van der Waals surface area (Å²) in [5.41, 5.74) is 0.720. The summed E-state index contributed by atoms with van der Waals surface area (Å²) in [5.74, 6) is -0.444. The van der Waals surface area contributed by atoms with Crippen molar-refractivity contribution in [1.82, 2.24) is 14.7 Å². The second-order valence-corrected chi connectivity index (χ2v) is 8.86. The van der Waals surface area contributed by atoms with Gasteiger partial charge in [-0.25, -0.2) is 4.79 Å². The van der Waals surface area contributed by atoms with Gasteiger partial charge in [-0.1, -0.05) is 42.0 Å². The summed E-state index contributed by atoms with van der Waals surface area (Å²) in [6.45, 7) is 3.36. The van der Waals surface area contributed by atoms with Gasteiger partial charge in [0.25, 0.3) is 0 Å². The molecule has 0 unspecified atom stereocenters. The van der Waals surface area contributed by atoms with Crippen molar-refractivity contribution in [3.8, 4) is 0 Å². The van der Waals surface area contributed by atoms with Crippen molar-refractivity contribution < 1.29 is 32.3 Å². The molecule has 0 radical (unpaired) electrons. The second kappa shape index (κ2) is 9.59. The van der Waals surface area contributed by atoms with Gasteiger partial charge in [-0.05, 0) is 37.1 Å². The van der Waals surface area contributed by atoms with Gasteiger partial charge >= 0.3 is 12.3 Å². The van der Waals surface area contributed by atoms with Crippen molar-refractivity contribution in [1.29, 1.82) is 0 Å². The minimum atomic E-state index is -4.51. The number of hydrogen-bond acceptors (Lipinski definition) is 4. The Labute approximate surface area is 201 Å². The molecule has 10 heteroatoms. The van der Waals surface area contributed by atoms with E-state index < -0.39 is 30.0 Å². The van der Waals surface area contributed by atoms with E-state index in [2.05, 4.69) is 0 Å². The minimum Gasteiger partial charge on any atom is -0.444 e. The zero-order valence-corrected chi connectivity index (χ0v) is 19.4. The molecule has 2 fully saturated rings. The first-order valence-electron chi connectivity index (χ1n) is 11.3. The van der Waals surface area contributed by atoms with Crippen molar-refractivity contribution >= 4 is 17.9 Å². The number of piperazine rings is 1. The molecule has 2 aromatic carbocycles. The van der Waals surface area contributed by atoms with E-state index in [9.17, 15) is 27.6 Å². The molecule has 2 heterocycles. The van der Waals surface area contributed by atoms with E-state index in [1.807, 2.05) is 30.3 Å². The van der Waals surface area contributed by atoms with Crippen LogP contribution in [0, 0.1) is 6.92 Å². The summed E-state index contributed by atoms with van der Waals surface area (Å²) in [6, 6.07) is 12.1. The van der Waals surface area contributed by atoms with Gasteiger partial charge in [-0.2, -0.15) is 13.2 Å². The number of nitrogens with zero attached hydrogens (tertiary/aromatic N) is 3. The number of fused-ring (bicyclic) bond motifs is 1. The van der Waals surface area contributed by atoms with Gasteiger partial charge in [-0.3, -0.25) is 14.5 Å². The molecular formula is C25H26F3N3O4. The number of alkyl halides is 3. The Morgan fingerprint density at radius 1 is 1.09 bits per heavy atom. The molecule has 3 amide bonds. The Hall–Kier alpha value is -3.56. The molecule has 0 aliphatic carbocycles. The number of benzene rings is 2. The van der Waals surface area contributed by atoms with E-state index in [-0.39, 0.29) is 43.5 Å². The van der Waals surface area contributed by atoms with E-state index >= 15 is 0 Å². The summed E-state index contributed by atoms with van der Waals surface area (Å²) in [4.78, 5) is 43.0. The lowest BCUT2D eigenvalue weighted by Crippen LogP contribution is -2.70. The molecule has 2 aromatic rings. The van der Waals surface area contributed by atoms with Crippen molar-refractivity contribution in [2.45, 2.75) is 51.8 Å². The number of ether oxygens (including phenoxy) is 1. The highest BCUT2D eigenvalue weighted by atomic mass is 19.4. The molecule has 0 aromatic heterocycles. The van der Waals surface area contributed by atoms with E-state index in [0.29, 0.717) is 12.1 Å². The summed E-state index contributed by atoms with van der Waals surface area (Å²) in [6.07, 6.45) is -5.94. The average molecular weight is 489 g/mol. The van der Waals surface area contributed by atoms with Gasteiger partial charge in [0.2, 0.25) is 11.8 Å². The van der Waals surface area contributed by atoms with Crippen LogP contribution in [-0.2, 0) is 33.7 Å². The second-order valence-electron chi connectivity index (χ2n) is 8.86. The van der Waals surface area contributed by atoms with E-state index in [1.165, 1.54) is 22.8 Å². The van der Waals surface area contributed by atoms with Crippen molar-refractivity contribution in [3.63, 3.8) is 0 Å².